The molecule has 2 amide bonds. The van der Waals surface area contributed by atoms with Crippen LogP contribution in [0.25, 0.3) is 0 Å². The Morgan fingerprint density at radius 2 is 1.88 bits per heavy atom. The number of carbonyl (C=O) groups excluding carboxylic acids is 1. The summed E-state index contributed by atoms with van der Waals surface area (Å²) in [5, 5.41) is 11.3. The quantitative estimate of drug-likeness (QED) is 0.659. The van der Waals surface area contributed by atoms with Gasteiger partial charge in [0.2, 0.25) is 0 Å². The number of nitrogens with zero attached hydrogens (tertiary/aromatic N) is 1. The molecule has 0 aliphatic rings. The highest BCUT2D eigenvalue weighted by atomic mass is 16.4. The number of carbonyl (C=O) groups is 2. The van der Waals surface area contributed by atoms with Crippen LogP contribution in [-0.2, 0) is 4.79 Å². The van der Waals surface area contributed by atoms with Crippen molar-refractivity contribution in [2.45, 2.75) is 39.2 Å². The Morgan fingerprint density at radius 1 is 1.35 bits per heavy atom. The number of rotatable bonds is 7. The van der Waals surface area contributed by atoms with Gasteiger partial charge in [0.1, 0.15) is 6.04 Å². The lowest BCUT2D eigenvalue weighted by molar-refractivity contribution is -0.139. The van der Waals surface area contributed by atoms with E-state index in [0.717, 1.165) is 12.8 Å². The first-order chi connectivity index (χ1) is 8.06. The fourth-order valence-corrected chi connectivity index (χ4v) is 1.41. The number of hydrogen-bond acceptors (Lipinski definition) is 2. The first-order valence-corrected chi connectivity index (χ1v) is 5.78. The van der Waals surface area contributed by atoms with Gasteiger partial charge in [0.25, 0.3) is 0 Å². The second-order valence-electron chi connectivity index (χ2n) is 3.74. The Hall–Kier alpha value is -1.70. The van der Waals surface area contributed by atoms with Crippen LogP contribution in [-0.4, -0.2) is 41.1 Å². The van der Waals surface area contributed by atoms with Gasteiger partial charge in [-0.05, 0) is 12.8 Å². The fraction of sp³-hybridized carbons (Fsp3) is 0.667. The summed E-state index contributed by atoms with van der Waals surface area (Å²) < 4.78 is 0. The van der Waals surface area contributed by atoms with E-state index in [9.17, 15) is 9.59 Å². The first kappa shape index (κ1) is 15.3. The largest absolute Gasteiger partial charge is 0.480 e. The van der Waals surface area contributed by atoms with E-state index in [-0.39, 0.29) is 12.5 Å². The van der Waals surface area contributed by atoms with Crippen molar-refractivity contribution in [2.75, 3.05) is 13.1 Å². The molecule has 0 spiro atoms. The number of aliphatic carboxylic acids is 1. The summed E-state index contributed by atoms with van der Waals surface area (Å²) in [7, 11) is 0. The zero-order valence-corrected chi connectivity index (χ0v) is 10.4. The highest BCUT2D eigenvalue weighted by molar-refractivity contribution is 5.82. The second kappa shape index (κ2) is 8.45. The predicted molar refractivity (Wildman–Crippen MR) is 65.6 cm³/mol. The normalized spacial score (nSPS) is 11.4. The molecule has 0 aromatic heterocycles. The van der Waals surface area contributed by atoms with E-state index in [1.54, 1.807) is 4.90 Å². The average molecular weight is 240 g/mol. The van der Waals surface area contributed by atoms with Crippen molar-refractivity contribution in [1.82, 2.24) is 10.2 Å². The molecule has 1 unspecified atom stereocenters. The topological polar surface area (TPSA) is 69.6 Å². The number of amides is 2. The average Bonchev–Trinajstić information content (AvgIpc) is 2.28. The zero-order chi connectivity index (χ0) is 13.3. The van der Waals surface area contributed by atoms with Crippen molar-refractivity contribution >= 4 is 12.0 Å². The molecule has 96 valence electrons. The van der Waals surface area contributed by atoms with Gasteiger partial charge in [-0.2, -0.15) is 0 Å². The van der Waals surface area contributed by atoms with Crippen molar-refractivity contribution in [2.24, 2.45) is 0 Å². The van der Waals surface area contributed by atoms with Gasteiger partial charge in [-0.15, -0.1) is 12.3 Å². The minimum absolute atomic E-state index is 0.00678. The van der Waals surface area contributed by atoms with Gasteiger partial charge in [-0.25, -0.2) is 9.59 Å². The minimum Gasteiger partial charge on any atom is -0.480 e. The summed E-state index contributed by atoms with van der Waals surface area (Å²) in [5.41, 5.74) is 0. The third kappa shape index (κ3) is 5.81. The minimum atomic E-state index is -1.11. The number of hydrogen-bond donors (Lipinski definition) is 2. The van der Waals surface area contributed by atoms with Gasteiger partial charge in [-0.1, -0.05) is 13.8 Å². The Kier molecular flexibility index (Phi) is 7.61. The van der Waals surface area contributed by atoms with E-state index < -0.39 is 12.0 Å². The summed E-state index contributed by atoms with van der Waals surface area (Å²) in [6.45, 7) is 5.16. The molecule has 0 radical (unpaired) electrons. The van der Waals surface area contributed by atoms with Gasteiger partial charge in [-0.3, -0.25) is 0 Å². The van der Waals surface area contributed by atoms with E-state index in [2.05, 4.69) is 11.2 Å². The number of carboxylic acids is 1. The molecule has 17 heavy (non-hydrogen) atoms. The van der Waals surface area contributed by atoms with Crippen molar-refractivity contribution in [1.29, 1.82) is 0 Å². The lowest BCUT2D eigenvalue weighted by Crippen LogP contribution is -2.48. The maximum Gasteiger partial charge on any atom is 0.327 e. The number of nitrogens with one attached hydrogen (secondary N) is 1. The summed E-state index contributed by atoms with van der Waals surface area (Å²) in [6.07, 6.45) is 6.72. The zero-order valence-electron chi connectivity index (χ0n) is 10.4. The molecule has 5 heteroatoms. The molecular weight excluding hydrogens is 220 g/mol. The smallest absolute Gasteiger partial charge is 0.327 e. The predicted octanol–water partition coefficient (Wildman–Crippen LogP) is 1.29. The van der Waals surface area contributed by atoms with Crippen LogP contribution in [0, 0.1) is 12.3 Å². The Morgan fingerprint density at radius 3 is 2.24 bits per heavy atom. The summed E-state index contributed by atoms with van der Waals surface area (Å²) >= 11 is 0. The third-order valence-electron chi connectivity index (χ3n) is 2.19. The molecule has 0 bridgehead atoms. The molecule has 0 heterocycles. The maximum absolute atomic E-state index is 11.8. The molecule has 0 rings (SSSR count). The molecule has 0 saturated heterocycles. The van der Waals surface area contributed by atoms with Crippen LogP contribution in [0.15, 0.2) is 0 Å². The Bertz CT molecular complexity index is 291. The van der Waals surface area contributed by atoms with Crippen LogP contribution < -0.4 is 5.32 Å². The van der Waals surface area contributed by atoms with Gasteiger partial charge in [0.05, 0.1) is 0 Å². The lowest BCUT2D eigenvalue weighted by atomic mass is 10.2. The van der Waals surface area contributed by atoms with Crippen molar-refractivity contribution < 1.29 is 14.7 Å². The van der Waals surface area contributed by atoms with E-state index in [0.29, 0.717) is 13.1 Å². The van der Waals surface area contributed by atoms with Crippen LogP contribution in [0.5, 0.6) is 0 Å². The van der Waals surface area contributed by atoms with E-state index in [4.69, 9.17) is 11.5 Å². The molecule has 2 N–H and O–H groups in total. The maximum atomic E-state index is 11.8. The highest BCUT2D eigenvalue weighted by Crippen LogP contribution is 1.98. The van der Waals surface area contributed by atoms with Crippen LogP contribution in [0.1, 0.15) is 33.1 Å². The van der Waals surface area contributed by atoms with E-state index in [1.807, 2.05) is 13.8 Å². The van der Waals surface area contributed by atoms with Crippen LogP contribution in [0.2, 0.25) is 0 Å². The summed E-state index contributed by atoms with van der Waals surface area (Å²) in [4.78, 5) is 24.2. The third-order valence-corrected chi connectivity index (χ3v) is 2.19. The number of urea groups is 1. The molecule has 0 aliphatic heterocycles. The van der Waals surface area contributed by atoms with Gasteiger partial charge in [0, 0.05) is 19.5 Å². The van der Waals surface area contributed by atoms with Crippen molar-refractivity contribution in [3.05, 3.63) is 0 Å². The van der Waals surface area contributed by atoms with Crippen molar-refractivity contribution in [3.63, 3.8) is 0 Å². The summed E-state index contributed by atoms with van der Waals surface area (Å²) in [6, 6.07) is -1.37. The molecule has 0 saturated carbocycles. The Labute approximate surface area is 102 Å². The fourth-order valence-electron chi connectivity index (χ4n) is 1.41. The van der Waals surface area contributed by atoms with E-state index >= 15 is 0 Å². The summed E-state index contributed by atoms with van der Waals surface area (Å²) in [5.74, 6) is 1.14. The second-order valence-corrected chi connectivity index (χ2v) is 3.74. The van der Waals surface area contributed by atoms with Crippen LogP contribution in [0.4, 0.5) is 4.79 Å². The molecule has 0 fully saturated rings. The lowest BCUT2D eigenvalue weighted by Gasteiger charge is -2.23. The van der Waals surface area contributed by atoms with Crippen LogP contribution >= 0.6 is 0 Å². The SMILES string of the molecule is C#CCC(NC(=O)N(CCC)CCC)C(=O)O. The first-order valence-electron chi connectivity index (χ1n) is 5.78. The molecular formula is C12H20N2O3. The molecule has 0 aromatic carbocycles. The molecule has 1 atom stereocenters. The highest BCUT2D eigenvalue weighted by Gasteiger charge is 2.21. The number of terminal acetylenes is 1. The van der Waals surface area contributed by atoms with E-state index in [1.165, 1.54) is 0 Å². The van der Waals surface area contributed by atoms with Gasteiger partial charge < -0.3 is 15.3 Å². The molecule has 0 aromatic rings. The number of carboxylic acid groups (broad SMARTS) is 1. The Balaban J connectivity index is 4.45. The standard InChI is InChI=1S/C12H20N2O3/c1-4-7-10(11(15)16)13-12(17)14(8-5-2)9-6-3/h1,10H,5-9H2,2-3H3,(H,13,17)(H,15,16). The van der Waals surface area contributed by atoms with Gasteiger partial charge in [0.15, 0.2) is 0 Å². The monoisotopic (exact) mass is 240 g/mol. The van der Waals surface area contributed by atoms with Gasteiger partial charge >= 0.3 is 12.0 Å². The van der Waals surface area contributed by atoms with Crippen molar-refractivity contribution in [3.8, 4) is 12.3 Å². The van der Waals surface area contributed by atoms with Crippen LogP contribution in [0.3, 0.4) is 0 Å². The molecule has 5 nitrogen and oxygen atoms in total. The molecule has 0 aliphatic carbocycles.